The normalized spacial score (nSPS) is 10.3. The highest BCUT2D eigenvalue weighted by molar-refractivity contribution is 5.57. The van der Waals surface area contributed by atoms with Gasteiger partial charge in [-0.3, -0.25) is 15.0 Å². The second-order valence-corrected chi connectivity index (χ2v) is 4.60. The van der Waals surface area contributed by atoms with Crippen LogP contribution < -0.4 is 9.57 Å². The summed E-state index contributed by atoms with van der Waals surface area (Å²) >= 11 is 0. The number of rotatable bonds is 5. The summed E-state index contributed by atoms with van der Waals surface area (Å²) in [6.07, 6.45) is 4.21. The summed E-state index contributed by atoms with van der Waals surface area (Å²) < 4.78 is 1.31. The predicted octanol–water partition coefficient (Wildman–Crippen LogP) is 1.21. The number of nitrogens with zero attached hydrogens (tertiary/aromatic N) is 6. The van der Waals surface area contributed by atoms with Crippen LogP contribution in [0.5, 0.6) is 5.88 Å². The van der Waals surface area contributed by atoms with Crippen LogP contribution in [0.4, 0.5) is 11.5 Å². The summed E-state index contributed by atoms with van der Waals surface area (Å²) in [5, 5.41) is 19.8. The van der Waals surface area contributed by atoms with Crippen molar-refractivity contribution in [2.75, 3.05) is 14.1 Å². The van der Waals surface area contributed by atoms with Gasteiger partial charge in [-0.15, -0.1) is 0 Å². The first-order valence-corrected chi connectivity index (χ1v) is 6.45. The lowest BCUT2D eigenvalue weighted by Crippen LogP contribution is -2.40. The van der Waals surface area contributed by atoms with E-state index in [1.807, 2.05) is 20.2 Å². The van der Waals surface area contributed by atoms with Crippen LogP contribution in [0.2, 0.25) is 0 Å². The molecule has 2 aromatic rings. The van der Waals surface area contributed by atoms with E-state index >= 15 is 0 Å². The van der Waals surface area contributed by atoms with Gasteiger partial charge in [0.25, 0.3) is 11.6 Å². The van der Waals surface area contributed by atoms with Gasteiger partial charge in [0.2, 0.25) is 6.34 Å². The highest BCUT2D eigenvalue weighted by Crippen LogP contribution is 2.19. The third kappa shape index (κ3) is 3.98. The molecule has 116 valence electrons. The summed E-state index contributed by atoms with van der Waals surface area (Å²) in [4.78, 5) is 25.4. The first-order chi connectivity index (χ1) is 11.0. The van der Waals surface area contributed by atoms with Crippen molar-refractivity contribution in [3.8, 4) is 11.9 Å². The Morgan fingerprint density at radius 3 is 2.96 bits per heavy atom. The zero-order valence-electron chi connectivity index (χ0n) is 12.4. The smallest absolute Gasteiger partial charge is 0.348 e. The number of nitro groups is 1. The molecule has 0 atom stereocenters. The van der Waals surface area contributed by atoms with Crippen LogP contribution in [0.15, 0.2) is 41.7 Å². The summed E-state index contributed by atoms with van der Waals surface area (Å²) in [6, 6.07) is 8.13. The Bertz CT molecular complexity index is 797. The molecule has 23 heavy (non-hydrogen) atoms. The van der Waals surface area contributed by atoms with E-state index in [0.717, 1.165) is 12.3 Å². The van der Waals surface area contributed by atoms with E-state index in [-0.39, 0.29) is 17.1 Å². The van der Waals surface area contributed by atoms with E-state index in [4.69, 9.17) is 10.1 Å². The molecule has 2 aromatic heterocycles. The fourth-order valence-electron chi connectivity index (χ4n) is 1.56. The van der Waals surface area contributed by atoms with Gasteiger partial charge >= 0.3 is 5.82 Å². The van der Waals surface area contributed by atoms with Gasteiger partial charge in [-0.1, -0.05) is 6.07 Å². The summed E-state index contributed by atoms with van der Waals surface area (Å²) in [7, 11) is 3.65. The van der Waals surface area contributed by atoms with E-state index < -0.39 is 4.92 Å². The van der Waals surface area contributed by atoms with Crippen molar-refractivity contribution in [3.05, 3.63) is 52.3 Å². The largest absolute Gasteiger partial charge is 0.363 e. The fraction of sp³-hybridized carbons (Fsp3) is 0.143. The minimum Gasteiger partial charge on any atom is -0.348 e. The Kier molecular flexibility index (Phi) is 4.79. The lowest BCUT2D eigenvalue weighted by atomic mass is 10.3. The van der Waals surface area contributed by atoms with Gasteiger partial charge in [0.05, 0.1) is 4.92 Å². The maximum Gasteiger partial charge on any atom is 0.363 e. The van der Waals surface area contributed by atoms with Crippen molar-refractivity contribution in [2.24, 2.45) is 4.99 Å². The molecular formula is C14H13N6O3+. The Morgan fingerprint density at radius 1 is 1.52 bits per heavy atom. The first-order valence-electron chi connectivity index (χ1n) is 6.45. The highest BCUT2D eigenvalue weighted by atomic mass is 16.7. The van der Waals surface area contributed by atoms with E-state index in [0.29, 0.717) is 5.82 Å². The van der Waals surface area contributed by atoms with E-state index in [2.05, 4.69) is 9.98 Å². The van der Waals surface area contributed by atoms with Crippen LogP contribution in [-0.2, 0) is 0 Å². The topological polar surface area (TPSA) is 109 Å². The molecule has 2 heterocycles. The zero-order valence-corrected chi connectivity index (χ0v) is 12.4. The number of pyridine rings is 2. The molecule has 0 saturated heterocycles. The van der Waals surface area contributed by atoms with E-state index in [1.165, 1.54) is 4.73 Å². The standard InChI is InChI=1S/C14H13N6O3/c1-18(2)10-17-13-5-3-4-6-19(13)23-14-11(8-15)7-12(9-16-14)20(21)22/h3-7,9-10H,1-2H3/q+1. The summed E-state index contributed by atoms with van der Waals surface area (Å²) in [5.41, 5.74) is -0.323. The third-order valence-electron chi connectivity index (χ3n) is 2.58. The van der Waals surface area contributed by atoms with Gasteiger partial charge in [0.15, 0.2) is 0 Å². The average molecular weight is 313 g/mol. The molecule has 0 saturated carbocycles. The number of hydrogen-bond acceptors (Lipinski definition) is 6. The molecule has 2 rings (SSSR count). The predicted molar refractivity (Wildman–Crippen MR) is 80.1 cm³/mol. The molecule has 0 aliphatic heterocycles. The quantitative estimate of drug-likeness (QED) is 0.270. The van der Waals surface area contributed by atoms with Crippen molar-refractivity contribution in [3.63, 3.8) is 0 Å². The molecule has 9 nitrogen and oxygen atoms in total. The van der Waals surface area contributed by atoms with Gasteiger partial charge in [-0.25, -0.2) is 4.98 Å². The van der Waals surface area contributed by atoms with Gasteiger partial charge < -0.3 is 4.90 Å². The lowest BCUT2D eigenvalue weighted by Gasteiger charge is -2.04. The molecule has 0 aromatic carbocycles. The van der Waals surface area contributed by atoms with Crippen molar-refractivity contribution in [2.45, 2.75) is 0 Å². The summed E-state index contributed by atoms with van der Waals surface area (Å²) in [5.74, 6) is 0.417. The second kappa shape index (κ2) is 6.95. The minimum atomic E-state index is -0.625. The maximum absolute atomic E-state index is 10.7. The van der Waals surface area contributed by atoms with Crippen LogP contribution in [0.1, 0.15) is 5.56 Å². The molecule has 0 aliphatic rings. The number of nitriles is 1. The van der Waals surface area contributed by atoms with Crippen LogP contribution in [0.3, 0.4) is 0 Å². The van der Waals surface area contributed by atoms with Gasteiger partial charge in [-0.2, -0.15) is 5.26 Å². The summed E-state index contributed by atoms with van der Waals surface area (Å²) in [6.45, 7) is 0. The fourth-order valence-corrected chi connectivity index (χ4v) is 1.56. The first kappa shape index (κ1) is 15.8. The number of aliphatic imine (C=N–C) groups is 1. The van der Waals surface area contributed by atoms with Crippen LogP contribution in [-0.4, -0.2) is 35.2 Å². The molecule has 0 aliphatic carbocycles. The van der Waals surface area contributed by atoms with Gasteiger partial charge in [0, 0.05) is 26.2 Å². The molecular weight excluding hydrogens is 300 g/mol. The monoisotopic (exact) mass is 313 g/mol. The molecule has 0 N–H and O–H groups in total. The maximum atomic E-state index is 10.7. The molecule has 0 fully saturated rings. The van der Waals surface area contributed by atoms with Gasteiger partial charge in [-0.05, 0) is 15.8 Å². The Morgan fingerprint density at radius 2 is 2.30 bits per heavy atom. The second-order valence-electron chi connectivity index (χ2n) is 4.60. The van der Waals surface area contributed by atoms with Crippen molar-refractivity contribution < 1.29 is 14.5 Å². The molecule has 9 heteroatoms. The van der Waals surface area contributed by atoms with E-state index in [1.54, 1.807) is 35.6 Å². The number of aromatic nitrogens is 2. The third-order valence-corrected chi connectivity index (χ3v) is 2.58. The highest BCUT2D eigenvalue weighted by Gasteiger charge is 2.18. The number of hydrogen-bond donors (Lipinski definition) is 0. The van der Waals surface area contributed by atoms with Crippen molar-refractivity contribution >= 4 is 17.8 Å². The van der Waals surface area contributed by atoms with Gasteiger partial charge in [0.1, 0.15) is 24.0 Å². The molecule has 0 amide bonds. The van der Waals surface area contributed by atoms with E-state index in [9.17, 15) is 10.1 Å². The Balaban J connectivity index is 2.37. The van der Waals surface area contributed by atoms with Crippen molar-refractivity contribution in [1.29, 1.82) is 5.26 Å². The molecule has 0 spiro atoms. The Labute approximate surface area is 131 Å². The zero-order chi connectivity index (χ0) is 16.8. The van der Waals surface area contributed by atoms with Crippen LogP contribution in [0, 0.1) is 21.4 Å². The van der Waals surface area contributed by atoms with Crippen molar-refractivity contribution in [1.82, 2.24) is 9.88 Å². The average Bonchev–Trinajstić information content (AvgIpc) is 2.54. The van der Waals surface area contributed by atoms with Crippen LogP contribution >= 0.6 is 0 Å². The Hall–Kier alpha value is -3.54. The lowest BCUT2D eigenvalue weighted by molar-refractivity contribution is -0.865. The van der Waals surface area contributed by atoms with Crippen LogP contribution in [0.25, 0.3) is 0 Å². The molecule has 0 bridgehead atoms. The SMILES string of the molecule is CN(C)/C=N/c1cccc[n+]1Oc1ncc([N+](=O)[O-])cc1C#N. The molecule has 0 unspecified atom stereocenters. The molecule has 0 radical (unpaired) electrons. The minimum absolute atomic E-state index is 0.0434.